The quantitative estimate of drug-likeness (QED) is 0.801. The predicted molar refractivity (Wildman–Crippen MR) is 69.1 cm³/mol. The van der Waals surface area contributed by atoms with Gasteiger partial charge in [0.15, 0.2) is 0 Å². The largest absolute Gasteiger partial charge is 0.336 e. The van der Waals surface area contributed by atoms with Crippen molar-refractivity contribution >= 4 is 5.91 Å². The summed E-state index contributed by atoms with van der Waals surface area (Å²) >= 11 is 0. The van der Waals surface area contributed by atoms with E-state index < -0.39 is 0 Å². The summed E-state index contributed by atoms with van der Waals surface area (Å²) in [5.41, 5.74) is 3.40. The van der Waals surface area contributed by atoms with E-state index in [0.717, 1.165) is 5.56 Å². The summed E-state index contributed by atoms with van der Waals surface area (Å²) in [6, 6.07) is 10.1. The van der Waals surface area contributed by atoms with Crippen molar-refractivity contribution < 1.29 is 10.0 Å². The van der Waals surface area contributed by atoms with E-state index in [1.165, 1.54) is 0 Å². The van der Waals surface area contributed by atoms with Crippen molar-refractivity contribution in [1.82, 2.24) is 10.4 Å². The van der Waals surface area contributed by atoms with Gasteiger partial charge in [-0.05, 0) is 19.4 Å². The average Bonchev–Trinajstić information content (AvgIpc) is 2.80. The van der Waals surface area contributed by atoms with Crippen molar-refractivity contribution in [3.63, 3.8) is 0 Å². The molecule has 0 saturated carbocycles. The van der Waals surface area contributed by atoms with Crippen LogP contribution in [0.15, 0.2) is 30.3 Å². The van der Waals surface area contributed by atoms with Crippen molar-refractivity contribution in [1.29, 1.82) is 0 Å². The Morgan fingerprint density at radius 1 is 1.33 bits per heavy atom. The fourth-order valence-electron chi connectivity index (χ4n) is 2.49. The molecule has 18 heavy (non-hydrogen) atoms. The third-order valence-corrected chi connectivity index (χ3v) is 3.85. The van der Waals surface area contributed by atoms with E-state index in [4.69, 9.17) is 5.21 Å². The van der Waals surface area contributed by atoms with Crippen LogP contribution in [0.1, 0.15) is 31.9 Å². The first-order valence-electron chi connectivity index (χ1n) is 6.37. The molecule has 1 aromatic carbocycles. The molecule has 98 valence electrons. The van der Waals surface area contributed by atoms with Crippen LogP contribution in [0.2, 0.25) is 0 Å². The minimum atomic E-state index is -0.0538. The van der Waals surface area contributed by atoms with E-state index >= 15 is 0 Å². The molecule has 4 heteroatoms. The van der Waals surface area contributed by atoms with Crippen LogP contribution in [-0.4, -0.2) is 28.6 Å². The van der Waals surface area contributed by atoms with Gasteiger partial charge >= 0.3 is 0 Å². The molecule has 1 saturated heterocycles. The molecule has 0 bridgehead atoms. The van der Waals surface area contributed by atoms with Gasteiger partial charge in [0.05, 0.1) is 6.04 Å². The maximum absolute atomic E-state index is 12.0. The third-order valence-electron chi connectivity index (χ3n) is 3.85. The molecular formula is C14H20N2O2. The van der Waals surface area contributed by atoms with Gasteiger partial charge in [0, 0.05) is 24.9 Å². The Balaban J connectivity index is 2.08. The van der Waals surface area contributed by atoms with Gasteiger partial charge in [-0.1, -0.05) is 30.3 Å². The molecule has 1 aliphatic rings. The molecule has 0 aromatic heterocycles. The van der Waals surface area contributed by atoms with Gasteiger partial charge in [-0.15, -0.1) is 0 Å². The van der Waals surface area contributed by atoms with Gasteiger partial charge in [-0.25, -0.2) is 5.48 Å². The minimum Gasteiger partial charge on any atom is -0.336 e. The Hall–Kier alpha value is -1.39. The fraction of sp³-hybridized carbons (Fsp3) is 0.500. The number of rotatable bonds is 4. The fourth-order valence-corrected chi connectivity index (χ4v) is 2.49. The van der Waals surface area contributed by atoms with Crippen LogP contribution in [0.25, 0.3) is 0 Å². The summed E-state index contributed by atoms with van der Waals surface area (Å²) in [5, 5.41) is 8.94. The van der Waals surface area contributed by atoms with Gasteiger partial charge in [0.2, 0.25) is 5.91 Å². The molecule has 3 atom stereocenters. The van der Waals surface area contributed by atoms with Gasteiger partial charge in [-0.3, -0.25) is 4.79 Å². The van der Waals surface area contributed by atoms with E-state index in [1.54, 1.807) is 0 Å². The minimum absolute atomic E-state index is 0.0538. The number of hydroxylamine groups is 1. The zero-order valence-electron chi connectivity index (χ0n) is 10.8. The van der Waals surface area contributed by atoms with Crippen LogP contribution in [0.3, 0.4) is 0 Å². The van der Waals surface area contributed by atoms with Crippen molar-refractivity contribution in [3.05, 3.63) is 35.9 Å². The summed E-state index contributed by atoms with van der Waals surface area (Å²) in [5.74, 6) is 0.340. The smallest absolute Gasteiger partial charge is 0.223 e. The van der Waals surface area contributed by atoms with E-state index in [2.05, 4.69) is 5.48 Å². The van der Waals surface area contributed by atoms with E-state index in [-0.39, 0.29) is 23.9 Å². The Kier molecular flexibility index (Phi) is 3.99. The lowest BCUT2D eigenvalue weighted by molar-refractivity contribution is -0.129. The Labute approximate surface area is 108 Å². The Morgan fingerprint density at radius 2 is 2.00 bits per heavy atom. The van der Waals surface area contributed by atoms with E-state index in [1.807, 2.05) is 49.1 Å². The van der Waals surface area contributed by atoms with Crippen LogP contribution in [-0.2, 0) is 4.79 Å². The Morgan fingerprint density at radius 3 is 2.61 bits per heavy atom. The predicted octanol–water partition coefficient (Wildman–Crippen LogP) is 1.96. The number of carbonyl (C=O) groups excluding carboxylic acids is 1. The van der Waals surface area contributed by atoms with Crippen molar-refractivity contribution in [2.45, 2.75) is 32.4 Å². The summed E-state index contributed by atoms with van der Waals surface area (Å²) < 4.78 is 0. The molecule has 0 radical (unpaired) electrons. The van der Waals surface area contributed by atoms with Gasteiger partial charge in [-0.2, -0.15) is 0 Å². The van der Waals surface area contributed by atoms with Crippen molar-refractivity contribution in [2.24, 2.45) is 5.92 Å². The van der Waals surface area contributed by atoms with Crippen LogP contribution in [0.5, 0.6) is 0 Å². The highest BCUT2D eigenvalue weighted by Gasteiger charge is 2.35. The van der Waals surface area contributed by atoms with Crippen LogP contribution >= 0.6 is 0 Å². The summed E-state index contributed by atoms with van der Waals surface area (Å²) in [6.07, 6.45) is 0.506. The SMILES string of the molecule is CC(c1ccccc1)N1C[C@H]([C@H](C)NO)CC1=O. The number of amides is 1. The molecule has 1 amide bonds. The lowest BCUT2D eigenvalue weighted by Crippen LogP contribution is -2.34. The molecule has 0 spiro atoms. The second-order valence-corrected chi connectivity index (χ2v) is 5.01. The van der Waals surface area contributed by atoms with E-state index in [0.29, 0.717) is 13.0 Å². The highest BCUT2D eigenvalue weighted by Crippen LogP contribution is 2.29. The number of likely N-dealkylation sites (tertiary alicyclic amines) is 1. The highest BCUT2D eigenvalue weighted by atomic mass is 16.5. The molecule has 4 nitrogen and oxygen atoms in total. The number of hydrogen-bond acceptors (Lipinski definition) is 3. The standard InChI is InChI=1S/C14H20N2O2/c1-10(15-18)13-8-14(17)16(9-13)11(2)12-6-4-3-5-7-12/h3-7,10-11,13,15,18H,8-9H2,1-2H3/t10-,11?,13+/m0/s1. The lowest BCUT2D eigenvalue weighted by atomic mass is 10.0. The number of benzene rings is 1. The summed E-state index contributed by atoms with van der Waals surface area (Å²) in [7, 11) is 0. The van der Waals surface area contributed by atoms with Crippen LogP contribution in [0.4, 0.5) is 0 Å². The highest BCUT2D eigenvalue weighted by molar-refractivity contribution is 5.79. The van der Waals surface area contributed by atoms with Gasteiger partial charge in [0.1, 0.15) is 0 Å². The molecule has 0 aliphatic carbocycles. The number of carbonyl (C=O) groups is 1. The molecular weight excluding hydrogens is 228 g/mol. The second kappa shape index (κ2) is 5.50. The monoisotopic (exact) mass is 248 g/mol. The lowest BCUT2D eigenvalue weighted by Gasteiger charge is -2.26. The average molecular weight is 248 g/mol. The van der Waals surface area contributed by atoms with Crippen LogP contribution in [0, 0.1) is 5.92 Å². The number of nitrogens with zero attached hydrogens (tertiary/aromatic N) is 1. The Bertz CT molecular complexity index is 408. The zero-order chi connectivity index (χ0) is 13.1. The molecule has 2 N–H and O–H groups in total. The van der Waals surface area contributed by atoms with E-state index in [9.17, 15) is 4.79 Å². The summed E-state index contributed by atoms with van der Waals surface area (Å²) in [6.45, 7) is 4.64. The summed E-state index contributed by atoms with van der Waals surface area (Å²) in [4.78, 5) is 13.9. The molecule has 1 unspecified atom stereocenters. The topological polar surface area (TPSA) is 52.6 Å². The number of hydrogen-bond donors (Lipinski definition) is 2. The zero-order valence-corrected chi connectivity index (χ0v) is 10.8. The number of nitrogens with one attached hydrogen (secondary N) is 1. The first kappa shape index (κ1) is 13.1. The third kappa shape index (κ3) is 2.54. The van der Waals surface area contributed by atoms with Crippen molar-refractivity contribution in [3.8, 4) is 0 Å². The van der Waals surface area contributed by atoms with Crippen molar-refractivity contribution in [2.75, 3.05) is 6.54 Å². The molecule has 1 heterocycles. The molecule has 1 aliphatic heterocycles. The van der Waals surface area contributed by atoms with Crippen LogP contribution < -0.4 is 5.48 Å². The maximum Gasteiger partial charge on any atom is 0.223 e. The van der Waals surface area contributed by atoms with Gasteiger partial charge in [0.25, 0.3) is 0 Å². The first-order chi connectivity index (χ1) is 8.63. The molecule has 1 fully saturated rings. The molecule has 2 rings (SSSR count). The van der Waals surface area contributed by atoms with Gasteiger partial charge < -0.3 is 10.1 Å². The molecule has 1 aromatic rings. The maximum atomic E-state index is 12.0. The normalized spacial score (nSPS) is 23.2. The first-order valence-corrected chi connectivity index (χ1v) is 6.37. The second-order valence-electron chi connectivity index (χ2n) is 5.01.